The fourth-order valence-corrected chi connectivity index (χ4v) is 3.32. The third-order valence-corrected chi connectivity index (χ3v) is 3.77. The van der Waals surface area contributed by atoms with Gasteiger partial charge in [-0.2, -0.15) is 0 Å². The van der Waals surface area contributed by atoms with Crippen LogP contribution in [0.2, 0.25) is 0 Å². The zero-order valence-electron chi connectivity index (χ0n) is 5.72. The summed E-state index contributed by atoms with van der Waals surface area (Å²) in [6, 6.07) is 0. The monoisotopic (exact) mass is 355 g/mol. The maximum atomic E-state index is 5.11. The minimum atomic E-state index is 0.535. The number of hydrogen-bond acceptors (Lipinski definition) is 1. The molecule has 2 heterocycles. The van der Waals surface area contributed by atoms with Gasteiger partial charge in [-0.05, 0) is 0 Å². The summed E-state index contributed by atoms with van der Waals surface area (Å²) in [6.07, 6.45) is 3.67. The average Bonchev–Trinajstić information content (AvgIpc) is 2.34. The van der Waals surface area contributed by atoms with E-state index in [2.05, 4.69) is 17.3 Å². The van der Waals surface area contributed by atoms with Crippen LogP contribution in [0.5, 0.6) is 0 Å². The fraction of sp³-hybridized carbons (Fsp3) is 0. The van der Waals surface area contributed by atoms with Gasteiger partial charge in [0, 0.05) is 0 Å². The van der Waals surface area contributed by atoms with Crippen molar-refractivity contribution in [1.29, 1.82) is 0 Å². The maximum absolute atomic E-state index is 5.11. The molecule has 6 heteroatoms. The van der Waals surface area contributed by atoms with Gasteiger partial charge in [-0.3, -0.25) is 0 Å². The van der Waals surface area contributed by atoms with Crippen molar-refractivity contribution in [3.63, 3.8) is 0 Å². The molecule has 0 aliphatic carbocycles. The predicted octanol–water partition coefficient (Wildman–Crippen LogP) is -0.363. The number of rotatable bonds is 0. The van der Waals surface area contributed by atoms with E-state index in [1.165, 1.54) is 0 Å². The molecular formula is C5H5HgN4S+2. The van der Waals surface area contributed by atoms with Crippen LogP contribution in [0.1, 0.15) is 0 Å². The molecule has 11 heavy (non-hydrogen) atoms. The molecule has 2 aromatic rings. The molecule has 0 saturated carbocycles. The summed E-state index contributed by atoms with van der Waals surface area (Å²) < 4.78 is 2.92. The van der Waals surface area contributed by atoms with Crippen LogP contribution in [-0.2, 0) is 26.4 Å². The molecule has 4 nitrogen and oxygen atoms in total. The summed E-state index contributed by atoms with van der Waals surface area (Å²) in [4.78, 5) is 9.09. The zero-order valence-corrected chi connectivity index (χ0v) is 12.0. The van der Waals surface area contributed by atoms with Gasteiger partial charge in [0.05, 0.1) is 0 Å². The van der Waals surface area contributed by atoms with Crippen molar-refractivity contribution in [2.75, 3.05) is 0 Å². The molecular weight excluding hydrogens is 349 g/mol. The normalized spacial score (nSPS) is 10.7. The van der Waals surface area contributed by atoms with Gasteiger partial charge in [0.25, 0.3) is 0 Å². The minimum absolute atomic E-state index is 0.535. The number of fused-ring (bicyclic) bond motifs is 1. The second kappa shape index (κ2) is 2.64. The van der Waals surface area contributed by atoms with Crippen LogP contribution in [0.4, 0.5) is 0 Å². The SMILES string of the molecule is S=c1[nH+]c[nH]c2[nH]c[n+]([Hg])c12. The van der Waals surface area contributed by atoms with Gasteiger partial charge in [-0.1, -0.05) is 0 Å². The number of H-pyrrole nitrogens is 3. The molecule has 0 unspecified atom stereocenters. The second-order valence-corrected chi connectivity index (χ2v) is 5.29. The summed E-state index contributed by atoms with van der Waals surface area (Å²) >= 11 is 5.64. The Morgan fingerprint density at radius 1 is 1.55 bits per heavy atom. The number of hydrogen-bond donors (Lipinski definition) is 2. The van der Waals surface area contributed by atoms with Gasteiger partial charge in [-0.15, -0.1) is 0 Å². The summed E-state index contributed by atoms with van der Waals surface area (Å²) in [5, 5.41) is 0. The van der Waals surface area contributed by atoms with E-state index < -0.39 is 0 Å². The van der Waals surface area contributed by atoms with Gasteiger partial charge >= 0.3 is 84.4 Å². The third-order valence-electron chi connectivity index (χ3n) is 1.52. The van der Waals surface area contributed by atoms with Crippen LogP contribution < -0.4 is 7.32 Å². The fourth-order valence-electron chi connectivity index (χ4n) is 1.02. The molecule has 0 aromatic carbocycles. The van der Waals surface area contributed by atoms with Gasteiger partial charge in [0.1, 0.15) is 0 Å². The van der Waals surface area contributed by atoms with E-state index in [1.807, 2.05) is 6.33 Å². The summed E-state index contributed by atoms with van der Waals surface area (Å²) in [6.45, 7) is 0. The molecule has 0 atom stereocenters. The quantitative estimate of drug-likeness (QED) is 0.493. The van der Waals surface area contributed by atoms with Crippen molar-refractivity contribution in [1.82, 2.24) is 9.97 Å². The molecule has 0 amide bonds. The molecule has 3 N–H and O–H groups in total. The van der Waals surface area contributed by atoms with Crippen LogP contribution in [0.15, 0.2) is 12.7 Å². The average molecular weight is 354 g/mol. The first-order chi connectivity index (χ1) is 5.29. The van der Waals surface area contributed by atoms with E-state index in [9.17, 15) is 0 Å². The van der Waals surface area contributed by atoms with E-state index in [1.54, 1.807) is 6.33 Å². The first kappa shape index (κ1) is 7.36. The van der Waals surface area contributed by atoms with Crippen LogP contribution in [0.25, 0.3) is 11.2 Å². The molecule has 51 valence electrons. The first-order valence-electron chi connectivity index (χ1n) is 3.12. The van der Waals surface area contributed by atoms with Crippen LogP contribution >= 0.6 is 12.2 Å². The summed E-state index contributed by atoms with van der Waals surface area (Å²) in [5.74, 6) is 0. The first-order valence-corrected chi connectivity index (χ1v) is 5.99. The van der Waals surface area contributed by atoms with E-state index in [-0.39, 0.29) is 0 Å². The topological polar surface area (TPSA) is 49.6 Å². The van der Waals surface area contributed by atoms with E-state index in [4.69, 9.17) is 12.2 Å². The molecule has 0 saturated heterocycles. The Hall–Kier alpha value is -0.295. The van der Waals surface area contributed by atoms with Crippen molar-refractivity contribution >= 4 is 23.4 Å². The Labute approximate surface area is 84.1 Å². The van der Waals surface area contributed by atoms with Crippen LogP contribution in [-0.4, -0.2) is 9.97 Å². The van der Waals surface area contributed by atoms with Crippen molar-refractivity contribution in [3.05, 3.63) is 17.3 Å². The third kappa shape index (κ3) is 1.12. The van der Waals surface area contributed by atoms with Gasteiger partial charge in [-0.25, -0.2) is 0 Å². The molecule has 0 aliphatic heterocycles. The van der Waals surface area contributed by atoms with E-state index >= 15 is 0 Å². The number of nitrogens with zero attached hydrogens (tertiary/aromatic N) is 1. The number of imidazole rings is 1. The molecule has 0 fully saturated rings. The number of aromatic amines is 3. The van der Waals surface area contributed by atoms with Gasteiger partial charge in [0.15, 0.2) is 0 Å². The number of nitrogens with one attached hydrogen (secondary N) is 3. The summed E-state index contributed by atoms with van der Waals surface area (Å²) in [7, 11) is 0. The van der Waals surface area contributed by atoms with Crippen molar-refractivity contribution in [3.8, 4) is 0 Å². The Bertz CT molecular complexity index is 445. The van der Waals surface area contributed by atoms with Gasteiger partial charge < -0.3 is 0 Å². The Kier molecular flexibility index (Phi) is 1.76. The standard InChI is InChI=1S/C5H4N4S.Hg/c10-5-3-4(7-1-6-3)8-2-9-5;/h1-2H,(H2,6,7,8,9,10);/q;+1/p+1. The van der Waals surface area contributed by atoms with Crippen LogP contribution in [0, 0.1) is 4.64 Å². The molecule has 0 bridgehead atoms. The number of aromatic nitrogens is 4. The zero-order chi connectivity index (χ0) is 7.84. The second-order valence-electron chi connectivity index (χ2n) is 2.23. The molecule has 0 aliphatic rings. The Morgan fingerprint density at radius 3 is 3.09 bits per heavy atom. The van der Waals surface area contributed by atoms with Crippen molar-refractivity contribution in [2.45, 2.75) is 0 Å². The summed E-state index contributed by atoms with van der Waals surface area (Å²) in [5.41, 5.74) is 2.06. The van der Waals surface area contributed by atoms with E-state index in [0.717, 1.165) is 15.8 Å². The van der Waals surface area contributed by atoms with Crippen molar-refractivity contribution in [2.24, 2.45) is 0 Å². The van der Waals surface area contributed by atoms with Gasteiger partial charge in [0.2, 0.25) is 0 Å². The molecule has 0 spiro atoms. The molecule has 2 rings (SSSR count). The Morgan fingerprint density at radius 2 is 2.36 bits per heavy atom. The van der Waals surface area contributed by atoms with E-state index in [0.29, 0.717) is 26.4 Å². The van der Waals surface area contributed by atoms with Crippen molar-refractivity contribution < 1.29 is 33.7 Å². The molecule has 2 aromatic heterocycles. The van der Waals surface area contributed by atoms with Crippen LogP contribution in [0.3, 0.4) is 0 Å². The molecule has 0 radical (unpaired) electrons. The Balaban J connectivity index is 3.08. The predicted molar refractivity (Wildman–Crippen MR) is 35.6 cm³/mol.